The van der Waals surface area contributed by atoms with Gasteiger partial charge < -0.3 is 29.8 Å². The molecule has 3 N–H and O–H groups in total. The topological polar surface area (TPSA) is 116 Å². The lowest BCUT2D eigenvalue weighted by molar-refractivity contribution is 0.0841. The lowest BCUT2D eigenvalue weighted by Crippen LogP contribution is -2.42. The Kier molecular flexibility index (Phi) is 8.63. The van der Waals surface area contributed by atoms with E-state index in [-0.39, 0.29) is 12.5 Å². The third kappa shape index (κ3) is 7.07. The van der Waals surface area contributed by atoms with Gasteiger partial charge in [-0.05, 0) is 68.0 Å². The van der Waals surface area contributed by atoms with Crippen LogP contribution in [0.1, 0.15) is 53.4 Å². The number of fused-ring (bicyclic) bond motifs is 1. The summed E-state index contributed by atoms with van der Waals surface area (Å²) < 4.78 is 11.0. The minimum absolute atomic E-state index is 0.184. The first-order valence-corrected chi connectivity index (χ1v) is 13.8. The Morgan fingerprint density at radius 2 is 2.15 bits per heavy atom. The van der Waals surface area contributed by atoms with E-state index in [0.717, 1.165) is 56.3 Å². The van der Waals surface area contributed by atoms with Crippen LogP contribution in [0.4, 0.5) is 11.6 Å². The highest BCUT2D eigenvalue weighted by molar-refractivity contribution is 5.95. The molecule has 1 amide bonds. The Labute approximate surface area is 229 Å². The molecule has 0 radical (unpaired) electrons. The van der Waals surface area contributed by atoms with Gasteiger partial charge in [0.2, 0.25) is 0 Å². The van der Waals surface area contributed by atoms with Crippen LogP contribution in [0.15, 0.2) is 47.3 Å². The van der Waals surface area contributed by atoms with Crippen molar-refractivity contribution in [2.24, 2.45) is 0 Å². The minimum atomic E-state index is -0.674. The molecule has 1 aromatic carbocycles. The van der Waals surface area contributed by atoms with Gasteiger partial charge in [-0.25, -0.2) is 9.97 Å². The third-order valence-corrected chi connectivity index (χ3v) is 7.50. The van der Waals surface area contributed by atoms with E-state index in [9.17, 15) is 9.90 Å². The number of hydrogen-bond acceptors (Lipinski definition) is 9. The molecule has 2 aromatic heterocycles. The number of anilines is 2. The van der Waals surface area contributed by atoms with Crippen molar-refractivity contribution >= 4 is 17.5 Å². The molecule has 3 heterocycles. The van der Waals surface area contributed by atoms with E-state index >= 15 is 0 Å². The van der Waals surface area contributed by atoms with Crippen LogP contribution in [0, 0.1) is 0 Å². The van der Waals surface area contributed by atoms with Crippen molar-refractivity contribution in [2.75, 3.05) is 43.4 Å². The van der Waals surface area contributed by atoms with Crippen molar-refractivity contribution in [1.29, 1.82) is 0 Å². The lowest BCUT2D eigenvalue weighted by atomic mass is 9.93. The Morgan fingerprint density at radius 3 is 2.90 bits per heavy atom. The van der Waals surface area contributed by atoms with Gasteiger partial charge in [-0.3, -0.25) is 9.69 Å². The minimum Gasteiger partial charge on any atom is -0.486 e. The number of β-amino-alcohol motifs (C(OH)–C–C–N with tert-alkyl or cyclic N) is 1. The van der Waals surface area contributed by atoms with E-state index < -0.39 is 6.10 Å². The molecule has 0 bridgehead atoms. The summed E-state index contributed by atoms with van der Waals surface area (Å²) in [6.45, 7) is 5.43. The van der Waals surface area contributed by atoms with E-state index in [4.69, 9.17) is 14.1 Å². The third-order valence-electron chi connectivity index (χ3n) is 7.50. The number of nitrogens with one attached hydrogen (secondary N) is 2. The Balaban J connectivity index is 1.12. The quantitative estimate of drug-likeness (QED) is 0.322. The zero-order valence-corrected chi connectivity index (χ0v) is 22.7. The van der Waals surface area contributed by atoms with Crippen molar-refractivity contribution in [3.63, 3.8) is 0 Å². The van der Waals surface area contributed by atoms with Gasteiger partial charge in [-0.2, -0.15) is 0 Å². The van der Waals surface area contributed by atoms with Crippen LogP contribution in [0.5, 0.6) is 5.75 Å². The fourth-order valence-electron chi connectivity index (χ4n) is 4.82. The molecule has 0 unspecified atom stereocenters. The number of nitrogens with zero attached hydrogens (tertiary/aromatic N) is 4. The SMILES string of the molecule is CCN(C)c1cc(C(=O)NC[C@H](O)CN2CCc3cc(OCc4cnco4)ccc3C2)cc(NC2CCC2)n1. The van der Waals surface area contributed by atoms with Crippen molar-refractivity contribution in [2.45, 2.75) is 57.9 Å². The number of oxazole rings is 1. The average Bonchev–Trinajstić information content (AvgIpc) is 3.45. The number of aliphatic hydroxyl groups excluding tert-OH is 1. The molecule has 5 rings (SSSR count). The molecule has 0 spiro atoms. The predicted molar refractivity (Wildman–Crippen MR) is 149 cm³/mol. The fraction of sp³-hybridized carbons (Fsp3) is 0.483. The zero-order chi connectivity index (χ0) is 27.2. The highest BCUT2D eigenvalue weighted by Crippen LogP contribution is 2.26. The van der Waals surface area contributed by atoms with Crippen molar-refractivity contribution < 1.29 is 19.1 Å². The van der Waals surface area contributed by atoms with Crippen molar-refractivity contribution in [3.05, 3.63) is 65.4 Å². The van der Waals surface area contributed by atoms with Gasteiger partial charge in [0.25, 0.3) is 5.91 Å². The molecule has 208 valence electrons. The predicted octanol–water partition coefficient (Wildman–Crippen LogP) is 3.22. The summed E-state index contributed by atoms with van der Waals surface area (Å²) in [4.78, 5) is 25.8. The van der Waals surface area contributed by atoms with Crippen LogP contribution in [0.3, 0.4) is 0 Å². The van der Waals surface area contributed by atoms with Crippen LogP contribution >= 0.6 is 0 Å². The molecular formula is C29H38N6O4. The molecule has 1 aliphatic heterocycles. The first-order chi connectivity index (χ1) is 19.0. The second kappa shape index (κ2) is 12.5. The maximum absolute atomic E-state index is 13.0. The second-order valence-corrected chi connectivity index (χ2v) is 10.4. The van der Waals surface area contributed by atoms with Gasteiger partial charge in [0.1, 0.15) is 24.0 Å². The van der Waals surface area contributed by atoms with Gasteiger partial charge in [-0.15, -0.1) is 0 Å². The van der Waals surface area contributed by atoms with E-state index in [1.165, 1.54) is 23.9 Å². The number of carbonyl (C=O) groups excluding carboxylic acids is 1. The van der Waals surface area contributed by atoms with Gasteiger partial charge in [0.15, 0.2) is 12.2 Å². The number of carbonyl (C=O) groups is 1. The largest absolute Gasteiger partial charge is 0.486 e. The summed E-state index contributed by atoms with van der Waals surface area (Å²) in [5, 5.41) is 17.1. The highest BCUT2D eigenvalue weighted by Gasteiger charge is 2.22. The summed E-state index contributed by atoms with van der Waals surface area (Å²) in [7, 11) is 1.96. The molecule has 1 atom stereocenters. The molecule has 10 nitrogen and oxygen atoms in total. The molecule has 1 aliphatic carbocycles. The van der Waals surface area contributed by atoms with Crippen LogP contribution in [0.2, 0.25) is 0 Å². The summed E-state index contributed by atoms with van der Waals surface area (Å²) in [5.41, 5.74) is 3.02. The number of benzene rings is 1. The standard InChI is InChI=1S/C29H38N6O4/c1-3-34(2)28-13-22(12-27(33-28)32-23-5-4-6-23)29(37)31-14-24(36)17-35-10-9-20-11-25(8-7-21(20)16-35)38-18-26-15-30-19-39-26/h7-8,11-13,15,19,23-24,36H,3-6,9-10,14,16-18H2,1-2H3,(H,31,37)(H,32,33)/t24-/m0/s1. The molecule has 1 fully saturated rings. The van der Waals surface area contributed by atoms with Crippen molar-refractivity contribution in [3.8, 4) is 5.75 Å². The van der Waals surface area contributed by atoms with E-state index in [0.29, 0.717) is 30.5 Å². The molecule has 10 heteroatoms. The van der Waals surface area contributed by atoms with Crippen LogP contribution in [-0.4, -0.2) is 71.3 Å². The number of amides is 1. The van der Waals surface area contributed by atoms with E-state index in [2.05, 4.69) is 39.6 Å². The normalized spacial score (nSPS) is 16.2. The Morgan fingerprint density at radius 1 is 1.28 bits per heavy atom. The maximum Gasteiger partial charge on any atom is 0.251 e. The highest BCUT2D eigenvalue weighted by atomic mass is 16.5. The van der Waals surface area contributed by atoms with Gasteiger partial charge >= 0.3 is 0 Å². The number of hydrogen-bond donors (Lipinski definition) is 3. The monoisotopic (exact) mass is 534 g/mol. The molecule has 1 saturated carbocycles. The molecule has 3 aromatic rings. The summed E-state index contributed by atoms with van der Waals surface area (Å²) >= 11 is 0. The zero-order valence-electron chi connectivity index (χ0n) is 22.7. The summed E-state index contributed by atoms with van der Waals surface area (Å²) in [6, 6.07) is 10.1. The van der Waals surface area contributed by atoms with Crippen LogP contribution in [0.25, 0.3) is 0 Å². The number of pyridine rings is 1. The number of rotatable bonds is 12. The average molecular weight is 535 g/mol. The first kappa shape index (κ1) is 27.0. The van der Waals surface area contributed by atoms with Gasteiger partial charge in [-0.1, -0.05) is 6.07 Å². The van der Waals surface area contributed by atoms with Gasteiger partial charge in [0.05, 0.1) is 12.3 Å². The van der Waals surface area contributed by atoms with E-state index in [1.807, 2.05) is 24.1 Å². The van der Waals surface area contributed by atoms with Crippen molar-refractivity contribution in [1.82, 2.24) is 20.2 Å². The first-order valence-electron chi connectivity index (χ1n) is 13.8. The van der Waals surface area contributed by atoms with E-state index in [1.54, 1.807) is 12.3 Å². The van der Waals surface area contributed by atoms with Gasteiger partial charge in [0, 0.05) is 51.4 Å². The molecule has 0 saturated heterocycles. The Hall–Kier alpha value is -3.63. The second-order valence-electron chi connectivity index (χ2n) is 10.4. The van der Waals surface area contributed by atoms with Crippen LogP contribution < -0.4 is 20.3 Å². The van der Waals surface area contributed by atoms with Crippen LogP contribution in [-0.2, 0) is 19.6 Å². The molecule has 39 heavy (non-hydrogen) atoms. The molecular weight excluding hydrogens is 496 g/mol. The number of aliphatic hydroxyl groups is 1. The smallest absolute Gasteiger partial charge is 0.251 e. The lowest BCUT2D eigenvalue weighted by Gasteiger charge is -2.30. The number of ether oxygens (including phenoxy) is 1. The molecule has 2 aliphatic rings. The number of aromatic nitrogens is 2. The Bertz CT molecular complexity index is 1250. The maximum atomic E-state index is 13.0. The summed E-state index contributed by atoms with van der Waals surface area (Å²) in [5.74, 6) is 2.76. The summed E-state index contributed by atoms with van der Waals surface area (Å²) in [6.07, 6.45) is 6.72. The fourth-order valence-corrected chi connectivity index (χ4v) is 4.82.